The molecule has 1 aliphatic rings. The van der Waals surface area contributed by atoms with Crippen molar-refractivity contribution in [2.75, 3.05) is 43.4 Å². The zero-order valence-corrected chi connectivity index (χ0v) is 17.5. The second kappa shape index (κ2) is 10.7. The molecule has 2 amide bonds. The van der Waals surface area contributed by atoms with E-state index in [1.54, 1.807) is 18.2 Å². The molecule has 31 heavy (non-hydrogen) atoms. The van der Waals surface area contributed by atoms with E-state index in [1.165, 1.54) is 19.2 Å². The first kappa shape index (κ1) is 22.5. The molecule has 3 rings (SSSR count). The summed E-state index contributed by atoms with van der Waals surface area (Å²) in [5.74, 6) is 0.104. The molecule has 0 bridgehead atoms. The van der Waals surface area contributed by atoms with Crippen molar-refractivity contribution in [1.82, 2.24) is 15.6 Å². The van der Waals surface area contributed by atoms with Crippen molar-refractivity contribution in [3.05, 3.63) is 53.3 Å². The Morgan fingerprint density at radius 1 is 1.23 bits per heavy atom. The van der Waals surface area contributed by atoms with Crippen molar-refractivity contribution in [3.63, 3.8) is 0 Å². The third kappa shape index (κ3) is 6.39. The van der Waals surface area contributed by atoms with Crippen LogP contribution in [-0.2, 0) is 11.2 Å². The Bertz CT molecular complexity index is 916. The normalized spacial score (nSPS) is 14.2. The number of halogens is 1. The number of carbonyl (C=O) groups excluding carboxylic acids is 2. The number of carbonyl (C=O) groups is 2. The number of aliphatic hydroxyl groups is 1. The molecule has 8 nitrogen and oxygen atoms in total. The number of aliphatic hydroxyl groups excluding tert-OH is 1. The van der Waals surface area contributed by atoms with E-state index in [4.69, 9.17) is 0 Å². The number of hydrogen-bond acceptors (Lipinski definition) is 6. The SMILES string of the molecule is CNC(=O)CNC(=O)c1ccc(N2CCC(O)CC2)nc1NCCc1cccc(F)c1. The van der Waals surface area contributed by atoms with Crippen molar-refractivity contribution in [3.8, 4) is 0 Å². The molecular formula is C22H28FN5O3. The van der Waals surface area contributed by atoms with Gasteiger partial charge in [0.05, 0.1) is 18.2 Å². The van der Waals surface area contributed by atoms with Gasteiger partial charge in [-0.05, 0) is 49.1 Å². The molecule has 1 saturated heterocycles. The van der Waals surface area contributed by atoms with Gasteiger partial charge in [0.2, 0.25) is 5.91 Å². The highest BCUT2D eigenvalue weighted by Crippen LogP contribution is 2.23. The monoisotopic (exact) mass is 429 g/mol. The van der Waals surface area contributed by atoms with Crippen LogP contribution >= 0.6 is 0 Å². The average molecular weight is 429 g/mol. The van der Waals surface area contributed by atoms with Crippen LogP contribution in [0.1, 0.15) is 28.8 Å². The predicted molar refractivity (Wildman–Crippen MR) is 117 cm³/mol. The third-order valence-corrected chi connectivity index (χ3v) is 5.20. The van der Waals surface area contributed by atoms with Crippen LogP contribution in [0.2, 0.25) is 0 Å². The lowest BCUT2D eigenvalue weighted by molar-refractivity contribution is -0.119. The van der Waals surface area contributed by atoms with Crippen molar-refractivity contribution in [2.24, 2.45) is 0 Å². The number of aromatic nitrogens is 1. The van der Waals surface area contributed by atoms with E-state index >= 15 is 0 Å². The number of rotatable bonds is 8. The smallest absolute Gasteiger partial charge is 0.255 e. The minimum absolute atomic E-state index is 0.135. The fourth-order valence-electron chi connectivity index (χ4n) is 3.40. The molecule has 2 aromatic rings. The summed E-state index contributed by atoms with van der Waals surface area (Å²) in [6.07, 6.45) is 1.59. The molecule has 0 unspecified atom stereocenters. The van der Waals surface area contributed by atoms with Crippen molar-refractivity contribution in [2.45, 2.75) is 25.4 Å². The fraction of sp³-hybridized carbons (Fsp3) is 0.409. The number of piperidine rings is 1. The molecule has 0 radical (unpaired) electrons. The van der Waals surface area contributed by atoms with Crippen LogP contribution in [0.4, 0.5) is 16.0 Å². The molecule has 2 heterocycles. The maximum atomic E-state index is 13.4. The average Bonchev–Trinajstić information content (AvgIpc) is 2.77. The van der Waals surface area contributed by atoms with E-state index in [0.717, 1.165) is 5.56 Å². The molecule has 4 N–H and O–H groups in total. The molecule has 166 valence electrons. The van der Waals surface area contributed by atoms with Gasteiger partial charge in [0.15, 0.2) is 0 Å². The molecular weight excluding hydrogens is 401 g/mol. The Morgan fingerprint density at radius 3 is 2.71 bits per heavy atom. The van der Waals surface area contributed by atoms with Gasteiger partial charge in [-0.15, -0.1) is 0 Å². The fourth-order valence-corrected chi connectivity index (χ4v) is 3.40. The van der Waals surface area contributed by atoms with Crippen molar-refractivity contribution in [1.29, 1.82) is 0 Å². The number of pyridine rings is 1. The van der Waals surface area contributed by atoms with Gasteiger partial charge in [-0.1, -0.05) is 12.1 Å². The molecule has 9 heteroatoms. The summed E-state index contributed by atoms with van der Waals surface area (Å²) in [5.41, 5.74) is 1.16. The summed E-state index contributed by atoms with van der Waals surface area (Å²) < 4.78 is 13.4. The van der Waals surface area contributed by atoms with Crippen LogP contribution in [-0.4, -0.2) is 61.2 Å². The number of benzene rings is 1. The number of anilines is 2. The molecule has 1 aromatic heterocycles. The highest BCUT2D eigenvalue weighted by atomic mass is 19.1. The summed E-state index contributed by atoms with van der Waals surface area (Å²) in [4.78, 5) is 30.8. The van der Waals surface area contributed by atoms with Gasteiger partial charge in [-0.2, -0.15) is 0 Å². The van der Waals surface area contributed by atoms with Gasteiger partial charge in [-0.3, -0.25) is 9.59 Å². The number of hydrogen-bond donors (Lipinski definition) is 4. The lowest BCUT2D eigenvalue weighted by atomic mass is 10.1. The number of nitrogens with zero attached hydrogens (tertiary/aromatic N) is 2. The molecule has 0 saturated carbocycles. The first-order chi connectivity index (χ1) is 15.0. The second-order valence-corrected chi connectivity index (χ2v) is 7.45. The van der Waals surface area contributed by atoms with Gasteiger partial charge in [0.25, 0.3) is 5.91 Å². The first-order valence-electron chi connectivity index (χ1n) is 10.4. The standard InChI is InChI=1S/C22H28FN5O3/c1-24-20(30)14-26-22(31)18-5-6-19(28-11-8-17(29)9-12-28)27-21(18)25-10-7-15-3-2-4-16(23)13-15/h2-6,13,17,29H,7-12,14H2,1H3,(H,24,30)(H,25,27)(H,26,31). The number of nitrogens with one attached hydrogen (secondary N) is 3. The zero-order valence-electron chi connectivity index (χ0n) is 17.5. The third-order valence-electron chi connectivity index (χ3n) is 5.20. The minimum Gasteiger partial charge on any atom is -0.393 e. The molecule has 0 atom stereocenters. The van der Waals surface area contributed by atoms with Gasteiger partial charge in [0.1, 0.15) is 17.5 Å². The van der Waals surface area contributed by atoms with Crippen LogP contribution < -0.4 is 20.9 Å². The highest BCUT2D eigenvalue weighted by molar-refractivity contribution is 6.00. The molecule has 1 aromatic carbocycles. The van der Waals surface area contributed by atoms with E-state index in [-0.39, 0.29) is 24.4 Å². The van der Waals surface area contributed by atoms with Crippen molar-refractivity contribution < 1.29 is 19.1 Å². The Morgan fingerprint density at radius 2 is 2.00 bits per heavy atom. The van der Waals surface area contributed by atoms with Crippen LogP contribution in [0.3, 0.4) is 0 Å². The molecule has 1 fully saturated rings. The first-order valence-corrected chi connectivity index (χ1v) is 10.4. The Balaban J connectivity index is 1.74. The van der Waals surface area contributed by atoms with E-state index in [0.29, 0.717) is 56.1 Å². The largest absolute Gasteiger partial charge is 0.393 e. The summed E-state index contributed by atoms with van der Waals surface area (Å²) in [7, 11) is 1.50. The van der Waals surface area contributed by atoms with E-state index in [1.807, 2.05) is 6.07 Å². The Hall–Kier alpha value is -3.20. The maximum Gasteiger partial charge on any atom is 0.255 e. The Kier molecular flexibility index (Phi) is 7.77. The minimum atomic E-state index is -0.412. The second-order valence-electron chi connectivity index (χ2n) is 7.45. The number of amides is 2. The Labute approximate surface area is 180 Å². The van der Waals surface area contributed by atoms with Crippen LogP contribution in [0.15, 0.2) is 36.4 Å². The summed E-state index contributed by atoms with van der Waals surface area (Å²) in [6, 6.07) is 9.81. The quantitative estimate of drug-likeness (QED) is 0.504. The van der Waals surface area contributed by atoms with Crippen LogP contribution in [0.5, 0.6) is 0 Å². The summed E-state index contributed by atoms with van der Waals surface area (Å²) in [5, 5.41) is 18.0. The molecule has 1 aliphatic heterocycles. The van der Waals surface area contributed by atoms with Gasteiger partial charge in [0, 0.05) is 26.7 Å². The zero-order chi connectivity index (χ0) is 22.2. The topological polar surface area (TPSA) is 107 Å². The molecule has 0 spiro atoms. The predicted octanol–water partition coefficient (Wildman–Crippen LogP) is 1.31. The van der Waals surface area contributed by atoms with E-state index < -0.39 is 5.91 Å². The van der Waals surface area contributed by atoms with Crippen LogP contribution in [0.25, 0.3) is 0 Å². The highest BCUT2D eigenvalue weighted by Gasteiger charge is 2.21. The number of likely N-dealkylation sites (N-methyl/N-ethyl adjacent to an activating group) is 1. The lowest BCUT2D eigenvalue weighted by Crippen LogP contribution is -2.37. The lowest BCUT2D eigenvalue weighted by Gasteiger charge is -2.31. The van der Waals surface area contributed by atoms with Gasteiger partial charge in [-0.25, -0.2) is 9.37 Å². The van der Waals surface area contributed by atoms with Gasteiger partial charge >= 0.3 is 0 Å². The summed E-state index contributed by atoms with van der Waals surface area (Å²) >= 11 is 0. The molecule has 0 aliphatic carbocycles. The van der Waals surface area contributed by atoms with E-state index in [2.05, 4.69) is 25.8 Å². The summed E-state index contributed by atoms with van der Waals surface area (Å²) in [6.45, 7) is 1.68. The van der Waals surface area contributed by atoms with Crippen molar-refractivity contribution >= 4 is 23.5 Å². The maximum absolute atomic E-state index is 13.4. The van der Waals surface area contributed by atoms with Gasteiger partial charge < -0.3 is 26.0 Å². The van der Waals surface area contributed by atoms with E-state index in [9.17, 15) is 19.1 Å². The van der Waals surface area contributed by atoms with Crippen LogP contribution in [0, 0.1) is 5.82 Å².